The van der Waals surface area contributed by atoms with Gasteiger partial charge in [-0.2, -0.15) is 0 Å². The molecule has 0 radical (unpaired) electrons. The van der Waals surface area contributed by atoms with Crippen LogP contribution in [0.3, 0.4) is 0 Å². The number of fused-ring (bicyclic) bond motifs is 1. The van der Waals surface area contributed by atoms with Crippen LogP contribution >= 0.6 is 0 Å². The number of hydrogen-bond donors (Lipinski definition) is 1. The van der Waals surface area contributed by atoms with Crippen LogP contribution < -0.4 is 5.32 Å². The Bertz CT molecular complexity index is 305. The molecular weight excluding hydrogens is 232 g/mol. The number of carbonyl (C=O) groups is 1. The van der Waals surface area contributed by atoms with Gasteiger partial charge < -0.3 is 19.7 Å². The number of likely N-dealkylation sites (tertiary alicyclic amines) is 1. The Morgan fingerprint density at radius 3 is 3.11 bits per heavy atom. The number of hydrogen-bond acceptors (Lipinski definition) is 4. The minimum Gasteiger partial charge on any atom is -0.380 e. The molecular formula is C13H22N2O3. The molecule has 0 spiro atoms. The summed E-state index contributed by atoms with van der Waals surface area (Å²) < 4.78 is 11.2. The molecule has 3 rings (SSSR count). The molecule has 18 heavy (non-hydrogen) atoms. The molecule has 5 nitrogen and oxygen atoms in total. The van der Waals surface area contributed by atoms with Gasteiger partial charge in [0.15, 0.2) is 0 Å². The SMILES string of the molecule is O=C(COC[C@@]12CNC[C@@H]1COC2)N1CCCC1. The first-order chi connectivity index (χ1) is 8.80. The van der Waals surface area contributed by atoms with Crippen LogP contribution in [0.2, 0.25) is 0 Å². The van der Waals surface area contributed by atoms with E-state index in [4.69, 9.17) is 9.47 Å². The maximum atomic E-state index is 11.9. The second kappa shape index (κ2) is 5.15. The molecule has 0 aromatic rings. The zero-order chi connectivity index (χ0) is 12.4. The van der Waals surface area contributed by atoms with Crippen LogP contribution in [0.4, 0.5) is 0 Å². The lowest BCUT2D eigenvalue weighted by atomic mass is 9.82. The van der Waals surface area contributed by atoms with E-state index in [1.54, 1.807) is 0 Å². The maximum Gasteiger partial charge on any atom is 0.248 e. The molecule has 3 fully saturated rings. The Morgan fingerprint density at radius 1 is 1.44 bits per heavy atom. The summed E-state index contributed by atoms with van der Waals surface area (Å²) >= 11 is 0. The lowest BCUT2D eigenvalue weighted by Gasteiger charge is -2.26. The minimum atomic E-state index is 0.116. The molecule has 3 aliphatic heterocycles. The molecule has 0 bridgehead atoms. The van der Waals surface area contributed by atoms with Crippen LogP contribution in [-0.2, 0) is 14.3 Å². The third-order valence-corrected chi connectivity index (χ3v) is 4.52. The monoisotopic (exact) mass is 254 g/mol. The Kier molecular flexibility index (Phi) is 3.54. The molecule has 0 saturated carbocycles. The van der Waals surface area contributed by atoms with Crippen molar-refractivity contribution in [2.75, 3.05) is 52.6 Å². The van der Waals surface area contributed by atoms with Gasteiger partial charge in [0, 0.05) is 37.5 Å². The van der Waals surface area contributed by atoms with Gasteiger partial charge in [-0.3, -0.25) is 4.79 Å². The van der Waals surface area contributed by atoms with Crippen molar-refractivity contribution in [3.63, 3.8) is 0 Å². The molecule has 0 aromatic heterocycles. The molecule has 3 saturated heterocycles. The third-order valence-electron chi connectivity index (χ3n) is 4.52. The average molecular weight is 254 g/mol. The number of rotatable bonds is 4. The lowest BCUT2D eigenvalue weighted by Crippen LogP contribution is -2.37. The first kappa shape index (κ1) is 12.4. The van der Waals surface area contributed by atoms with E-state index in [9.17, 15) is 4.79 Å². The average Bonchev–Trinajstić information content (AvgIpc) is 3.04. The normalized spacial score (nSPS) is 35.1. The first-order valence-corrected chi connectivity index (χ1v) is 6.94. The highest BCUT2D eigenvalue weighted by Gasteiger charge is 2.47. The van der Waals surface area contributed by atoms with E-state index >= 15 is 0 Å². The van der Waals surface area contributed by atoms with Gasteiger partial charge in [0.2, 0.25) is 5.91 Å². The molecule has 3 aliphatic rings. The van der Waals surface area contributed by atoms with Crippen molar-refractivity contribution in [1.29, 1.82) is 0 Å². The van der Waals surface area contributed by atoms with Gasteiger partial charge in [-0.1, -0.05) is 0 Å². The van der Waals surface area contributed by atoms with Crippen molar-refractivity contribution in [2.45, 2.75) is 12.8 Å². The highest BCUT2D eigenvalue weighted by Crippen LogP contribution is 2.37. The van der Waals surface area contributed by atoms with Crippen LogP contribution in [0.5, 0.6) is 0 Å². The second-order valence-electron chi connectivity index (χ2n) is 5.79. The molecule has 5 heteroatoms. The molecule has 0 aliphatic carbocycles. The van der Waals surface area contributed by atoms with Crippen molar-refractivity contribution in [1.82, 2.24) is 10.2 Å². The summed E-state index contributed by atoms with van der Waals surface area (Å²) in [6.45, 7) is 6.25. The summed E-state index contributed by atoms with van der Waals surface area (Å²) in [7, 11) is 0. The van der Waals surface area contributed by atoms with Gasteiger partial charge in [-0.15, -0.1) is 0 Å². The quantitative estimate of drug-likeness (QED) is 0.759. The zero-order valence-electron chi connectivity index (χ0n) is 10.8. The Labute approximate surface area is 108 Å². The summed E-state index contributed by atoms with van der Waals surface area (Å²) in [4.78, 5) is 13.8. The number of ether oxygens (including phenoxy) is 2. The van der Waals surface area contributed by atoms with Gasteiger partial charge in [-0.05, 0) is 12.8 Å². The fourth-order valence-corrected chi connectivity index (χ4v) is 3.28. The maximum absolute atomic E-state index is 11.9. The van der Waals surface area contributed by atoms with Gasteiger partial charge in [0.1, 0.15) is 6.61 Å². The Balaban J connectivity index is 1.45. The summed E-state index contributed by atoms with van der Waals surface area (Å²) in [5.74, 6) is 0.699. The predicted octanol–water partition coefficient (Wildman–Crippen LogP) is -0.139. The minimum absolute atomic E-state index is 0.116. The smallest absolute Gasteiger partial charge is 0.248 e. The molecule has 102 valence electrons. The standard InChI is InChI=1S/C13H22N2O3/c16-12(15-3-1-2-4-15)7-18-10-13-8-14-5-11(13)6-17-9-13/h11,14H,1-10H2/t11-,13+/m1/s1. The molecule has 2 atom stereocenters. The summed E-state index contributed by atoms with van der Waals surface area (Å²) in [5, 5.41) is 3.40. The van der Waals surface area contributed by atoms with Crippen molar-refractivity contribution < 1.29 is 14.3 Å². The van der Waals surface area contributed by atoms with E-state index in [0.717, 1.165) is 52.2 Å². The number of carbonyl (C=O) groups excluding carboxylic acids is 1. The Hall–Kier alpha value is -0.650. The van der Waals surface area contributed by atoms with Crippen LogP contribution in [-0.4, -0.2) is 63.4 Å². The molecule has 0 aromatic carbocycles. The van der Waals surface area contributed by atoms with Gasteiger partial charge in [-0.25, -0.2) is 0 Å². The number of nitrogens with zero attached hydrogens (tertiary/aromatic N) is 1. The highest BCUT2D eigenvalue weighted by atomic mass is 16.5. The zero-order valence-corrected chi connectivity index (χ0v) is 10.8. The van der Waals surface area contributed by atoms with Crippen LogP contribution in [0.1, 0.15) is 12.8 Å². The molecule has 1 N–H and O–H groups in total. The van der Waals surface area contributed by atoms with Gasteiger partial charge in [0.05, 0.1) is 19.8 Å². The largest absolute Gasteiger partial charge is 0.380 e. The van der Waals surface area contributed by atoms with Crippen molar-refractivity contribution in [3.8, 4) is 0 Å². The van der Waals surface area contributed by atoms with E-state index in [1.807, 2.05) is 4.90 Å². The first-order valence-electron chi connectivity index (χ1n) is 6.94. The topological polar surface area (TPSA) is 50.8 Å². The third kappa shape index (κ3) is 2.27. The fourth-order valence-electron chi connectivity index (χ4n) is 3.28. The van der Waals surface area contributed by atoms with E-state index in [2.05, 4.69) is 5.32 Å². The van der Waals surface area contributed by atoms with E-state index in [-0.39, 0.29) is 17.9 Å². The van der Waals surface area contributed by atoms with E-state index < -0.39 is 0 Å². The fraction of sp³-hybridized carbons (Fsp3) is 0.923. The van der Waals surface area contributed by atoms with Crippen LogP contribution in [0.15, 0.2) is 0 Å². The van der Waals surface area contributed by atoms with Crippen molar-refractivity contribution in [2.24, 2.45) is 11.3 Å². The number of amides is 1. The van der Waals surface area contributed by atoms with E-state index in [0.29, 0.717) is 12.5 Å². The molecule has 0 unspecified atom stereocenters. The lowest BCUT2D eigenvalue weighted by molar-refractivity contribution is -0.136. The summed E-state index contributed by atoms with van der Waals surface area (Å²) in [6, 6.07) is 0. The molecule has 3 heterocycles. The Morgan fingerprint density at radius 2 is 2.28 bits per heavy atom. The molecule has 1 amide bonds. The number of nitrogens with one attached hydrogen (secondary N) is 1. The summed E-state index contributed by atoms with van der Waals surface area (Å²) in [6.07, 6.45) is 2.27. The summed E-state index contributed by atoms with van der Waals surface area (Å²) in [5.41, 5.74) is 0.116. The van der Waals surface area contributed by atoms with Crippen molar-refractivity contribution in [3.05, 3.63) is 0 Å². The van der Waals surface area contributed by atoms with Crippen LogP contribution in [0.25, 0.3) is 0 Å². The van der Waals surface area contributed by atoms with Crippen LogP contribution in [0, 0.1) is 11.3 Å². The van der Waals surface area contributed by atoms with E-state index in [1.165, 1.54) is 0 Å². The van der Waals surface area contributed by atoms with Gasteiger partial charge >= 0.3 is 0 Å². The predicted molar refractivity (Wildman–Crippen MR) is 66.2 cm³/mol. The van der Waals surface area contributed by atoms with Gasteiger partial charge in [0.25, 0.3) is 0 Å². The second-order valence-corrected chi connectivity index (χ2v) is 5.79. The highest BCUT2D eigenvalue weighted by molar-refractivity contribution is 5.77. The van der Waals surface area contributed by atoms with Crippen molar-refractivity contribution >= 4 is 5.91 Å².